The first-order valence-electron chi connectivity index (χ1n) is 8.16. The van der Waals surface area contributed by atoms with E-state index in [1.165, 1.54) is 42.0 Å². The summed E-state index contributed by atoms with van der Waals surface area (Å²) in [5.41, 5.74) is 1.30. The summed E-state index contributed by atoms with van der Waals surface area (Å²) in [6.07, 6.45) is 5.16. The minimum atomic E-state index is -0.707. The van der Waals surface area contributed by atoms with Crippen LogP contribution in [0.5, 0.6) is 0 Å². The van der Waals surface area contributed by atoms with Crippen LogP contribution >= 0.6 is 0 Å². The fourth-order valence-corrected chi connectivity index (χ4v) is 3.55. The van der Waals surface area contributed by atoms with Crippen molar-refractivity contribution in [2.24, 2.45) is 0 Å². The van der Waals surface area contributed by atoms with Gasteiger partial charge in [-0.05, 0) is 29.2 Å². The number of carboxylic acid groups (broad SMARTS) is 1. The molecule has 1 saturated carbocycles. The van der Waals surface area contributed by atoms with E-state index in [1.54, 1.807) is 0 Å². The molecule has 116 valence electrons. The molecule has 0 radical (unpaired) electrons. The van der Waals surface area contributed by atoms with Crippen LogP contribution in [0.25, 0.3) is 10.8 Å². The van der Waals surface area contributed by atoms with Gasteiger partial charge in [0.15, 0.2) is 0 Å². The molecule has 1 N–H and O–H groups in total. The molecule has 3 rings (SSSR count). The number of fused-ring (bicyclic) bond motifs is 1. The van der Waals surface area contributed by atoms with Crippen molar-refractivity contribution in [3.63, 3.8) is 0 Å². The van der Waals surface area contributed by atoms with Gasteiger partial charge in [0.1, 0.15) is 0 Å². The molecule has 2 aromatic carbocycles. The molecule has 0 amide bonds. The van der Waals surface area contributed by atoms with Crippen LogP contribution in [0.3, 0.4) is 0 Å². The highest BCUT2D eigenvalue weighted by molar-refractivity contribution is 5.85. The van der Waals surface area contributed by atoms with Crippen molar-refractivity contribution in [1.82, 2.24) is 4.90 Å². The van der Waals surface area contributed by atoms with Gasteiger partial charge in [-0.3, -0.25) is 9.69 Å². The van der Waals surface area contributed by atoms with Crippen molar-refractivity contribution in [1.29, 1.82) is 0 Å². The monoisotopic (exact) mass is 297 g/mol. The van der Waals surface area contributed by atoms with Crippen LogP contribution in [0.2, 0.25) is 0 Å². The summed E-state index contributed by atoms with van der Waals surface area (Å²) in [6, 6.07) is 15.4. The molecule has 0 aromatic heterocycles. The molecule has 3 heteroatoms. The van der Waals surface area contributed by atoms with E-state index in [-0.39, 0.29) is 6.42 Å². The summed E-state index contributed by atoms with van der Waals surface area (Å²) in [5, 5.41) is 11.6. The van der Waals surface area contributed by atoms with Crippen LogP contribution in [-0.2, 0) is 11.3 Å². The molecular weight excluding hydrogens is 274 g/mol. The Morgan fingerprint density at radius 3 is 2.59 bits per heavy atom. The highest BCUT2D eigenvalue weighted by Gasteiger charge is 2.23. The molecule has 0 spiro atoms. The maximum atomic E-state index is 11.0. The molecule has 0 saturated heterocycles. The van der Waals surface area contributed by atoms with E-state index in [1.807, 2.05) is 0 Å². The molecule has 1 aliphatic rings. The number of hydrogen-bond donors (Lipinski definition) is 1. The number of carbonyl (C=O) groups is 1. The summed E-state index contributed by atoms with van der Waals surface area (Å²) < 4.78 is 0. The second kappa shape index (κ2) is 6.93. The molecule has 0 aliphatic heterocycles. The third-order valence-electron chi connectivity index (χ3n) is 4.71. The zero-order chi connectivity index (χ0) is 15.4. The first-order valence-corrected chi connectivity index (χ1v) is 8.16. The van der Waals surface area contributed by atoms with Gasteiger partial charge in [0.2, 0.25) is 0 Å². The highest BCUT2D eigenvalue weighted by Crippen LogP contribution is 2.27. The van der Waals surface area contributed by atoms with E-state index >= 15 is 0 Å². The first kappa shape index (κ1) is 15.0. The number of hydrogen-bond acceptors (Lipinski definition) is 2. The van der Waals surface area contributed by atoms with Crippen LogP contribution in [0.4, 0.5) is 0 Å². The Kier molecular flexibility index (Phi) is 4.74. The Balaban J connectivity index is 1.82. The minimum Gasteiger partial charge on any atom is -0.481 e. The molecule has 0 bridgehead atoms. The maximum Gasteiger partial charge on any atom is 0.304 e. The van der Waals surface area contributed by atoms with Gasteiger partial charge in [0, 0.05) is 19.1 Å². The van der Waals surface area contributed by atoms with Crippen LogP contribution in [0, 0.1) is 0 Å². The van der Waals surface area contributed by atoms with Gasteiger partial charge in [-0.25, -0.2) is 0 Å². The predicted molar refractivity (Wildman–Crippen MR) is 88.9 cm³/mol. The summed E-state index contributed by atoms with van der Waals surface area (Å²) in [4.78, 5) is 13.3. The van der Waals surface area contributed by atoms with Crippen molar-refractivity contribution in [3.05, 3.63) is 48.0 Å². The molecule has 2 aromatic rings. The fourth-order valence-electron chi connectivity index (χ4n) is 3.55. The largest absolute Gasteiger partial charge is 0.481 e. The van der Waals surface area contributed by atoms with E-state index in [4.69, 9.17) is 5.11 Å². The van der Waals surface area contributed by atoms with Gasteiger partial charge in [0.05, 0.1) is 6.42 Å². The first-order chi connectivity index (χ1) is 10.7. The lowest BCUT2D eigenvalue weighted by Crippen LogP contribution is -2.34. The lowest BCUT2D eigenvalue weighted by Gasteiger charge is -2.28. The van der Waals surface area contributed by atoms with E-state index in [0.29, 0.717) is 12.6 Å². The average molecular weight is 297 g/mol. The van der Waals surface area contributed by atoms with Crippen molar-refractivity contribution in [3.8, 4) is 0 Å². The van der Waals surface area contributed by atoms with Gasteiger partial charge in [-0.2, -0.15) is 0 Å². The molecule has 3 nitrogen and oxygen atoms in total. The molecule has 1 aliphatic carbocycles. The zero-order valence-corrected chi connectivity index (χ0v) is 12.9. The standard InChI is InChI=1S/C19H23NO2/c21-19(22)12-13-20(17-9-2-3-10-17)14-16-8-5-7-15-6-1-4-11-18(15)16/h1,4-8,11,17H,2-3,9-10,12-14H2,(H,21,22). The Morgan fingerprint density at radius 1 is 1.09 bits per heavy atom. The molecular formula is C19H23NO2. The van der Waals surface area contributed by atoms with Crippen LogP contribution in [0.15, 0.2) is 42.5 Å². The SMILES string of the molecule is O=C(O)CCN(Cc1cccc2ccccc12)C1CCCC1. The number of carboxylic acids is 1. The smallest absolute Gasteiger partial charge is 0.304 e. The zero-order valence-electron chi connectivity index (χ0n) is 12.9. The van der Waals surface area contributed by atoms with Crippen LogP contribution in [0.1, 0.15) is 37.7 Å². The average Bonchev–Trinajstić information content (AvgIpc) is 3.05. The normalized spacial score (nSPS) is 15.7. The number of nitrogens with zero attached hydrogens (tertiary/aromatic N) is 1. The van der Waals surface area contributed by atoms with Crippen molar-refractivity contribution >= 4 is 16.7 Å². The quantitative estimate of drug-likeness (QED) is 0.874. The van der Waals surface area contributed by atoms with Gasteiger partial charge >= 0.3 is 5.97 Å². The lowest BCUT2D eigenvalue weighted by molar-refractivity contribution is -0.137. The lowest BCUT2D eigenvalue weighted by atomic mass is 10.0. The predicted octanol–water partition coefficient (Wildman–Crippen LogP) is 4.06. The summed E-state index contributed by atoms with van der Waals surface area (Å²) in [5.74, 6) is -0.707. The van der Waals surface area contributed by atoms with Gasteiger partial charge in [-0.15, -0.1) is 0 Å². The summed E-state index contributed by atoms with van der Waals surface area (Å²) in [7, 11) is 0. The molecule has 0 atom stereocenters. The Bertz CT molecular complexity index is 641. The Labute approximate surface area is 131 Å². The Morgan fingerprint density at radius 2 is 1.82 bits per heavy atom. The number of aliphatic carboxylic acids is 1. The Hall–Kier alpha value is -1.87. The maximum absolute atomic E-state index is 11.0. The molecule has 0 heterocycles. The van der Waals surface area contributed by atoms with Gasteiger partial charge in [0.25, 0.3) is 0 Å². The highest BCUT2D eigenvalue weighted by atomic mass is 16.4. The summed E-state index contributed by atoms with van der Waals surface area (Å²) in [6.45, 7) is 1.49. The fraction of sp³-hybridized carbons (Fsp3) is 0.421. The van der Waals surface area contributed by atoms with Crippen LogP contribution in [-0.4, -0.2) is 28.6 Å². The third-order valence-corrected chi connectivity index (χ3v) is 4.71. The number of benzene rings is 2. The van der Waals surface area contributed by atoms with Gasteiger partial charge < -0.3 is 5.11 Å². The topological polar surface area (TPSA) is 40.5 Å². The van der Waals surface area contributed by atoms with E-state index < -0.39 is 5.97 Å². The van der Waals surface area contributed by atoms with E-state index in [2.05, 4.69) is 47.4 Å². The molecule has 1 fully saturated rings. The second-order valence-corrected chi connectivity index (χ2v) is 6.19. The minimum absolute atomic E-state index is 0.223. The van der Waals surface area contributed by atoms with E-state index in [0.717, 1.165) is 6.54 Å². The number of rotatable bonds is 6. The van der Waals surface area contributed by atoms with E-state index in [9.17, 15) is 4.79 Å². The van der Waals surface area contributed by atoms with Crippen molar-refractivity contribution < 1.29 is 9.90 Å². The van der Waals surface area contributed by atoms with Crippen LogP contribution < -0.4 is 0 Å². The van der Waals surface area contributed by atoms with Crippen molar-refractivity contribution in [2.45, 2.75) is 44.7 Å². The third kappa shape index (κ3) is 3.47. The van der Waals surface area contributed by atoms with Gasteiger partial charge in [-0.1, -0.05) is 55.3 Å². The molecule has 0 unspecified atom stereocenters. The summed E-state index contributed by atoms with van der Waals surface area (Å²) >= 11 is 0. The van der Waals surface area contributed by atoms with Crippen molar-refractivity contribution in [2.75, 3.05) is 6.54 Å². The second-order valence-electron chi connectivity index (χ2n) is 6.19. The molecule has 22 heavy (non-hydrogen) atoms.